The van der Waals surface area contributed by atoms with Gasteiger partial charge in [0.05, 0.1) is 15.7 Å². The van der Waals surface area contributed by atoms with Gasteiger partial charge in [0, 0.05) is 0 Å². The molecule has 2 aromatic carbocycles. The van der Waals surface area contributed by atoms with Crippen LogP contribution in [-0.2, 0) is 9.59 Å². The molecule has 0 bridgehead atoms. The van der Waals surface area contributed by atoms with Gasteiger partial charge in [0.2, 0.25) is 0 Å². The van der Waals surface area contributed by atoms with E-state index in [-0.39, 0.29) is 10.6 Å². The average molecular weight is 351 g/mol. The Morgan fingerprint density at radius 2 is 1.70 bits per heavy atom. The molecule has 0 spiro atoms. The van der Waals surface area contributed by atoms with Crippen molar-refractivity contribution in [1.82, 2.24) is 5.43 Å². The summed E-state index contributed by atoms with van der Waals surface area (Å²) < 4.78 is 12.9. The third-order valence-electron chi connectivity index (χ3n) is 3.23. The molecule has 1 aliphatic heterocycles. The summed E-state index contributed by atoms with van der Waals surface area (Å²) in [5.41, 5.74) is 3.33. The van der Waals surface area contributed by atoms with Gasteiger partial charge in [-0.3, -0.25) is 15.0 Å². The molecule has 0 radical (unpaired) electrons. The lowest BCUT2D eigenvalue weighted by Gasteiger charge is -2.15. The molecule has 1 saturated heterocycles. The fourth-order valence-corrected chi connectivity index (χ4v) is 2.38. The van der Waals surface area contributed by atoms with Gasteiger partial charge in [0.25, 0.3) is 11.8 Å². The molecule has 1 heterocycles. The second kappa shape index (κ2) is 6.02. The minimum Gasteiger partial charge on any atom is -0.267 e. The second-order valence-electron chi connectivity index (χ2n) is 4.79. The van der Waals surface area contributed by atoms with E-state index in [1.54, 1.807) is 6.07 Å². The van der Waals surface area contributed by atoms with Crippen LogP contribution in [-0.4, -0.2) is 11.8 Å². The van der Waals surface area contributed by atoms with Crippen LogP contribution in [0, 0.1) is 5.82 Å². The number of amides is 2. The molecule has 2 amide bonds. The van der Waals surface area contributed by atoms with Gasteiger partial charge in [-0.2, -0.15) is 0 Å². The summed E-state index contributed by atoms with van der Waals surface area (Å²) in [6.07, 6.45) is 1.40. The van der Waals surface area contributed by atoms with E-state index in [0.29, 0.717) is 16.3 Å². The van der Waals surface area contributed by atoms with Gasteiger partial charge in [-0.15, -0.1) is 0 Å². The predicted octanol–water partition coefficient (Wildman–Crippen LogP) is 3.59. The fourth-order valence-electron chi connectivity index (χ4n) is 2.09. The number of anilines is 1. The standard InChI is InChI=1S/C16H9Cl2FN2O2/c17-13-6-5-11(8-14(13)18)21-16(23)12(15(22)20-21)7-9-1-3-10(19)4-2-9/h1-8H,(H,20,22). The molecule has 0 unspecified atom stereocenters. The van der Waals surface area contributed by atoms with Crippen molar-refractivity contribution in [3.8, 4) is 0 Å². The van der Waals surface area contributed by atoms with Crippen LogP contribution < -0.4 is 10.4 Å². The number of benzene rings is 2. The zero-order valence-corrected chi connectivity index (χ0v) is 13.0. The van der Waals surface area contributed by atoms with Gasteiger partial charge < -0.3 is 0 Å². The number of rotatable bonds is 2. The quantitative estimate of drug-likeness (QED) is 0.664. The first kappa shape index (κ1) is 15.5. The zero-order chi connectivity index (χ0) is 16.6. The van der Waals surface area contributed by atoms with Crippen LogP contribution in [0.3, 0.4) is 0 Å². The van der Waals surface area contributed by atoms with Crippen LogP contribution in [0.5, 0.6) is 0 Å². The Labute approximate surface area is 141 Å². The molecule has 7 heteroatoms. The molecular formula is C16H9Cl2FN2O2. The van der Waals surface area contributed by atoms with E-state index in [1.165, 1.54) is 42.5 Å². The van der Waals surface area contributed by atoms with Gasteiger partial charge in [0.15, 0.2) is 0 Å². The number of carbonyl (C=O) groups is 2. The van der Waals surface area contributed by atoms with E-state index in [1.807, 2.05) is 0 Å². The number of hydrazine groups is 1. The maximum Gasteiger partial charge on any atom is 0.282 e. The van der Waals surface area contributed by atoms with Gasteiger partial charge in [-0.05, 0) is 42.0 Å². The molecule has 0 saturated carbocycles. The fraction of sp³-hybridized carbons (Fsp3) is 0. The maximum atomic E-state index is 12.9. The Morgan fingerprint density at radius 3 is 2.35 bits per heavy atom. The Morgan fingerprint density at radius 1 is 1.00 bits per heavy atom. The summed E-state index contributed by atoms with van der Waals surface area (Å²) in [4.78, 5) is 24.4. The number of hydrogen-bond acceptors (Lipinski definition) is 2. The van der Waals surface area contributed by atoms with Crippen molar-refractivity contribution in [3.05, 3.63) is 69.5 Å². The number of nitrogens with zero attached hydrogens (tertiary/aromatic N) is 1. The normalized spacial score (nSPS) is 16.1. The molecular weight excluding hydrogens is 342 g/mol. The van der Waals surface area contributed by atoms with Crippen LogP contribution in [0.25, 0.3) is 6.08 Å². The molecule has 0 atom stereocenters. The zero-order valence-electron chi connectivity index (χ0n) is 11.5. The van der Waals surface area contributed by atoms with Crippen molar-refractivity contribution < 1.29 is 14.0 Å². The van der Waals surface area contributed by atoms with Crippen LogP contribution in [0.2, 0.25) is 10.0 Å². The van der Waals surface area contributed by atoms with E-state index in [2.05, 4.69) is 5.43 Å². The highest BCUT2D eigenvalue weighted by Crippen LogP contribution is 2.29. The van der Waals surface area contributed by atoms with E-state index < -0.39 is 17.6 Å². The average Bonchev–Trinajstić information content (AvgIpc) is 2.80. The Balaban J connectivity index is 1.93. The third kappa shape index (κ3) is 3.06. The first-order chi connectivity index (χ1) is 11.0. The van der Waals surface area contributed by atoms with Crippen LogP contribution in [0.1, 0.15) is 5.56 Å². The summed E-state index contributed by atoms with van der Waals surface area (Å²) in [5, 5.41) is 1.69. The molecule has 1 aliphatic rings. The topological polar surface area (TPSA) is 49.4 Å². The smallest absolute Gasteiger partial charge is 0.267 e. The lowest BCUT2D eigenvalue weighted by molar-refractivity contribution is -0.117. The third-order valence-corrected chi connectivity index (χ3v) is 3.97. The summed E-state index contributed by atoms with van der Waals surface area (Å²) in [7, 11) is 0. The molecule has 2 aromatic rings. The Bertz CT molecular complexity index is 834. The highest BCUT2D eigenvalue weighted by molar-refractivity contribution is 6.42. The van der Waals surface area contributed by atoms with Crippen LogP contribution >= 0.6 is 23.2 Å². The molecule has 1 N–H and O–H groups in total. The first-order valence-electron chi connectivity index (χ1n) is 6.53. The Kier molecular flexibility index (Phi) is 4.07. The van der Waals surface area contributed by atoms with Crippen molar-refractivity contribution in [3.63, 3.8) is 0 Å². The number of carbonyl (C=O) groups excluding carboxylic acids is 2. The Hall–Kier alpha value is -2.37. The van der Waals surface area contributed by atoms with Gasteiger partial charge in [-0.1, -0.05) is 35.3 Å². The maximum absolute atomic E-state index is 12.9. The van der Waals surface area contributed by atoms with E-state index >= 15 is 0 Å². The van der Waals surface area contributed by atoms with Gasteiger partial charge in [-0.25, -0.2) is 9.40 Å². The van der Waals surface area contributed by atoms with Crippen molar-refractivity contribution in [2.24, 2.45) is 0 Å². The molecule has 0 aromatic heterocycles. The molecule has 4 nitrogen and oxygen atoms in total. The molecule has 23 heavy (non-hydrogen) atoms. The van der Waals surface area contributed by atoms with Gasteiger partial charge >= 0.3 is 0 Å². The molecule has 116 valence electrons. The summed E-state index contributed by atoms with van der Waals surface area (Å²) in [5.74, 6) is -1.48. The SMILES string of the molecule is O=C1NN(c2ccc(Cl)c(Cl)c2)C(=O)C1=Cc1ccc(F)cc1. The number of halogens is 3. The van der Waals surface area contributed by atoms with Crippen molar-refractivity contribution >= 4 is 46.8 Å². The summed E-state index contributed by atoms with van der Waals surface area (Å²) >= 11 is 11.8. The minimum absolute atomic E-state index is 0.0531. The predicted molar refractivity (Wildman–Crippen MR) is 86.5 cm³/mol. The van der Waals surface area contributed by atoms with Crippen molar-refractivity contribution in [2.75, 3.05) is 5.01 Å². The highest BCUT2D eigenvalue weighted by Gasteiger charge is 2.34. The van der Waals surface area contributed by atoms with Crippen LogP contribution in [0.4, 0.5) is 10.1 Å². The van der Waals surface area contributed by atoms with E-state index in [4.69, 9.17) is 23.2 Å². The van der Waals surface area contributed by atoms with Crippen LogP contribution in [0.15, 0.2) is 48.0 Å². The summed E-state index contributed by atoms with van der Waals surface area (Å²) in [6.45, 7) is 0. The van der Waals surface area contributed by atoms with E-state index in [0.717, 1.165) is 5.01 Å². The lowest BCUT2D eigenvalue weighted by atomic mass is 10.1. The minimum atomic E-state index is -0.551. The molecule has 1 fully saturated rings. The lowest BCUT2D eigenvalue weighted by Crippen LogP contribution is -2.35. The largest absolute Gasteiger partial charge is 0.282 e. The molecule has 3 rings (SSSR count). The van der Waals surface area contributed by atoms with Crippen molar-refractivity contribution in [1.29, 1.82) is 0 Å². The second-order valence-corrected chi connectivity index (χ2v) is 5.60. The van der Waals surface area contributed by atoms with Gasteiger partial charge in [0.1, 0.15) is 11.4 Å². The number of hydrogen-bond donors (Lipinski definition) is 1. The number of nitrogens with one attached hydrogen (secondary N) is 1. The monoisotopic (exact) mass is 350 g/mol. The first-order valence-corrected chi connectivity index (χ1v) is 7.29. The van der Waals surface area contributed by atoms with Crippen molar-refractivity contribution in [2.45, 2.75) is 0 Å². The van der Waals surface area contributed by atoms with E-state index in [9.17, 15) is 14.0 Å². The summed E-state index contributed by atoms with van der Waals surface area (Å²) in [6, 6.07) is 10.0. The molecule has 0 aliphatic carbocycles. The highest BCUT2D eigenvalue weighted by atomic mass is 35.5.